The molecular weight excluding hydrogens is 243 g/mol. The summed E-state index contributed by atoms with van der Waals surface area (Å²) in [5, 5.41) is 0. The molecule has 0 saturated carbocycles. The van der Waals surface area contributed by atoms with Gasteiger partial charge in [0.1, 0.15) is 23.3 Å². The summed E-state index contributed by atoms with van der Waals surface area (Å²) in [5.74, 6) is 1.65. The molecule has 0 aliphatic carbocycles. The van der Waals surface area contributed by atoms with Crippen molar-refractivity contribution < 1.29 is 4.39 Å². The molecule has 0 fully saturated rings. The number of halogens is 1. The summed E-state index contributed by atoms with van der Waals surface area (Å²) in [7, 11) is 0. The van der Waals surface area contributed by atoms with Crippen LogP contribution in [-0.4, -0.2) is 16.5 Å². The van der Waals surface area contributed by atoms with Crippen molar-refractivity contribution in [2.75, 3.05) is 17.2 Å². The first kappa shape index (κ1) is 11.9. The number of fused-ring (bicyclic) bond motifs is 1. The molecule has 5 heteroatoms. The Hall–Kier alpha value is -2.17. The second kappa shape index (κ2) is 4.19. The van der Waals surface area contributed by atoms with Crippen LogP contribution in [0.15, 0.2) is 18.2 Å². The molecule has 2 heterocycles. The Labute approximate surface area is 111 Å². The maximum Gasteiger partial charge on any atom is 0.141 e. The van der Waals surface area contributed by atoms with Crippen LogP contribution in [0.3, 0.4) is 0 Å². The monoisotopic (exact) mass is 258 g/mol. The van der Waals surface area contributed by atoms with Crippen LogP contribution in [0.25, 0.3) is 0 Å². The smallest absolute Gasteiger partial charge is 0.141 e. The highest BCUT2D eigenvalue weighted by molar-refractivity contribution is 5.71. The first-order chi connectivity index (χ1) is 9.06. The zero-order chi connectivity index (χ0) is 13.6. The van der Waals surface area contributed by atoms with E-state index in [1.165, 1.54) is 6.07 Å². The van der Waals surface area contributed by atoms with E-state index in [1.54, 1.807) is 6.07 Å². The van der Waals surface area contributed by atoms with E-state index in [0.717, 1.165) is 35.6 Å². The molecule has 0 radical (unpaired) electrons. The summed E-state index contributed by atoms with van der Waals surface area (Å²) in [5.41, 5.74) is 8.73. The number of rotatable bonds is 1. The van der Waals surface area contributed by atoms with Crippen molar-refractivity contribution >= 4 is 17.3 Å². The summed E-state index contributed by atoms with van der Waals surface area (Å²) in [4.78, 5) is 10.6. The minimum atomic E-state index is -0.234. The van der Waals surface area contributed by atoms with Crippen LogP contribution < -0.4 is 10.6 Å². The molecule has 0 amide bonds. The predicted octanol–water partition coefficient (Wildman–Crippen LogP) is 2.51. The molecule has 4 nitrogen and oxygen atoms in total. The molecular formula is C14H15FN4. The molecule has 1 aromatic carbocycles. The highest BCUT2D eigenvalue weighted by Crippen LogP contribution is 2.36. The van der Waals surface area contributed by atoms with Crippen LogP contribution in [-0.2, 0) is 6.42 Å². The van der Waals surface area contributed by atoms with Gasteiger partial charge in [-0.1, -0.05) is 6.07 Å². The van der Waals surface area contributed by atoms with Gasteiger partial charge in [0.2, 0.25) is 0 Å². The van der Waals surface area contributed by atoms with Gasteiger partial charge in [0.05, 0.1) is 0 Å². The Balaban J connectivity index is 2.14. The Morgan fingerprint density at radius 2 is 2.05 bits per heavy atom. The lowest BCUT2D eigenvalue weighted by Gasteiger charge is -2.21. The van der Waals surface area contributed by atoms with Crippen molar-refractivity contribution in [2.24, 2.45) is 0 Å². The van der Waals surface area contributed by atoms with Gasteiger partial charge < -0.3 is 10.6 Å². The Morgan fingerprint density at radius 1 is 1.26 bits per heavy atom. The van der Waals surface area contributed by atoms with Crippen LogP contribution >= 0.6 is 0 Å². The largest absolute Gasteiger partial charge is 0.383 e. The van der Waals surface area contributed by atoms with E-state index in [0.29, 0.717) is 11.6 Å². The minimum absolute atomic E-state index is 0.234. The fourth-order valence-electron chi connectivity index (χ4n) is 2.47. The van der Waals surface area contributed by atoms with Crippen molar-refractivity contribution in [3.63, 3.8) is 0 Å². The number of aryl methyl sites for hydroxylation is 1. The van der Waals surface area contributed by atoms with Crippen molar-refractivity contribution in [3.8, 4) is 0 Å². The molecule has 0 unspecified atom stereocenters. The standard InChI is InChI=1S/C14H15FN4/c1-8-13(16)17-9(2)18-14(8)19-6-5-10-3-4-11(15)7-12(10)19/h3-4,7H,5-6H2,1-2H3,(H2,16,17,18). The van der Waals surface area contributed by atoms with Crippen LogP contribution in [0, 0.1) is 19.7 Å². The highest BCUT2D eigenvalue weighted by atomic mass is 19.1. The van der Waals surface area contributed by atoms with Crippen LogP contribution in [0.5, 0.6) is 0 Å². The van der Waals surface area contributed by atoms with E-state index < -0.39 is 0 Å². The summed E-state index contributed by atoms with van der Waals surface area (Å²) in [6.07, 6.45) is 0.887. The van der Waals surface area contributed by atoms with E-state index >= 15 is 0 Å². The average molecular weight is 258 g/mol. The predicted molar refractivity (Wildman–Crippen MR) is 73.0 cm³/mol. The maximum atomic E-state index is 13.4. The number of nitrogens with two attached hydrogens (primary N) is 1. The molecule has 98 valence electrons. The lowest BCUT2D eigenvalue weighted by molar-refractivity contribution is 0.628. The Bertz CT molecular complexity index is 654. The number of benzene rings is 1. The fraction of sp³-hybridized carbons (Fsp3) is 0.286. The van der Waals surface area contributed by atoms with E-state index in [2.05, 4.69) is 9.97 Å². The molecule has 2 aromatic rings. The normalized spacial score (nSPS) is 13.7. The van der Waals surface area contributed by atoms with Crippen molar-refractivity contribution in [1.82, 2.24) is 9.97 Å². The van der Waals surface area contributed by atoms with E-state index in [1.807, 2.05) is 24.8 Å². The molecule has 0 atom stereocenters. The van der Waals surface area contributed by atoms with Gasteiger partial charge in [-0.25, -0.2) is 14.4 Å². The number of nitrogen functional groups attached to an aromatic ring is 1. The lowest BCUT2D eigenvalue weighted by atomic mass is 10.1. The van der Waals surface area contributed by atoms with Crippen LogP contribution in [0.2, 0.25) is 0 Å². The van der Waals surface area contributed by atoms with E-state index in [9.17, 15) is 4.39 Å². The molecule has 0 spiro atoms. The highest BCUT2D eigenvalue weighted by Gasteiger charge is 2.24. The van der Waals surface area contributed by atoms with Gasteiger partial charge in [-0.15, -0.1) is 0 Å². The molecule has 19 heavy (non-hydrogen) atoms. The molecule has 1 aromatic heterocycles. The van der Waals surface area contributed by atoms with E-state index in [4.69, 9.17) is 5.73 Å². The summed E-state index contributed by atoms with van der Waals surface area (Å²) < 4.78 is 13.4. The third-order valence-electron chi connectivity index (χ3n) is 3.47. The summed E-state index contributed by atoms with van der Waals surface area (Å²) in [6, 6.07) is 4.88. The summed E-state index contributed by atoms with van der Waals surface area (Å²) >= 11 is 0. The number of hydrogen-bond donors (Lipinski definition) is 1. The lowest BCUT2D eigenvalue weighted by Crippen LogP contribution is -2.18. The van der Waals surface area contributed by atoms with Crippen LogP contribution in [0.4, 0.5) is 21.7 Å². The topological polar surface area (TPSA) is 55.0 Å². The first-order valence-corrected chi connectivity index (χ1v) is 6.23. The van der Waals surface area contributed by atoms with Gasteiger partial charge in [0.15, 0.2) is 0 Å². The number of hydrogen-bond acceptors (Lipinski definition) is 4. The zero-order valence-corrected chi connectivity index (χ0v) is 10.9. The van der Waals surface area contributed by atoms with Gasteiger partial charge >= 0.3 is 0 Å². The van der Waals surface area contributed by atoms with E-state index in [-0.39, 0.29) is 5.82 Å². The Kier molecular flexibility index (Phi) is 2.62. The SMILES string of the molecule is Cc1nc(N)c(C)c(N2CCc3ccc(F)cc32)n1. The van der Waals surface area contributed by atoms with Gasteiger partial charge in [-0.2, -0.15) is 0 Å². The fourth-order valence-corrected chi connectivity index (χ4v) is 2.47. The third kappa shape index (κ3) is 1.91. The second-order valence-corrected chi connectivity index (χ2v) is 4.78. The van der Waals surface area contributed by atoms with Crippen molar-refractivity contribution in [2.45, 2.75) is 20.3 Å². The first-order valence-electron chi connectivity index (χ1n) is 6.23. The molecule has 2 N–H and O–H groups in total. The Morgan fingerprint density at radius 3 is 2.84 bits per heavy atom. The molecule has 0 saturated heterocycles. The third-order valence-corrected chi connectivity index (χ3v) is 3.47. The average Bonchev–Trinajstić information content (AvgIpc) is 2.76. The van der Waals surface area contributed by atoms with Gasteiger partial charge in [-0.3, -0.25) is 0 Å². The number of aromatic nitrogens is 2. The van der Waals surface area contributed by atoms with Crippen molar-refractivity contribution in [1.29, 1.82) is 0 Å². The molecule has 1 aliphatic rings. The maximum absolute atomic E-state index is 13.4. The quantitative estimate of drug-likeness (QED) is 0.854. The summed E-state index contributed by atoms with van der Waals surface area (Å²) in [6.45, 7) is 4.48. The number of anilines is 3. The molecule has 0 bridgehead atoms. The van der Waals surface area contributed by atoms with Crippen molar-refractivity contribution in [3.05, 3.63) is 41.0 Å². The molecule has 3 rings (SSSR count). The van der Waals surface area contributed by atoms with Crippen LogP contribution in [0.1, 0.15) is 17.0 Å². The van der Waals surface area contributed by atoms with Gasteiger partial charge in [0, 0.05) is 17.8 Å². The van der Waals surface area contributed by atoms with Gasteiger partial charge in [-0.05, 0) is 38.0 Å². The number of nitrogens with zero attached hydrogens (tertiary/aromatic N) is 3. The van der Waals surface area contributed by atoms with Gasteiger partial charge in [0.25, 0.3) is 0 Å². The second-order valence-electron chi connectivity index (χ2n) is 4.78. The molecule has 1 aliphatic heterocycles. The minimum Gasteiger partial charge on any atom is -0.383 e. The zero-order valence-electron chi connectivity index (χ0n) is 10.9.